The first-order valence-electron chi connectivity index (χ1n) is 5.99. The summed E-state index contributed by atoms with van der Waals surface area (Å²) in [6.07, 6.45) is 2.79. The van der Waals surface area contributed by atoms with Gasteiger partial charge in [0, 0.05) is 43.0 Å². The predicted octanol–water partition coefficient (Wildman–Crippen LogP) is 3.62. The van der Waals surface area contributed by atoms with Crippen molar-refractivity contribution in [3.05, 3.63) is 54.1 Å². The minimum absolute atomic E-state index is 0.210. The molecule has 104 valence electrons. The van der Waals surface area contributed by atoms with Crippen LogP contribution in [0.1, 0.15) is 5.69 Å². The Morgan fingerprint density at radius 3 is 2.65 bits per heavy atom. The third-order valence-corrected chi connectivity index (χ3v) is 2.92. The van der Waals surface area contributed by atoms with Gasteiger partial charge in [-0.05, 0) is 24.3 Å². The Bertz CT molecular complexity index is 711. The van der Waals surface area contributed by atoms with Crippen LogP contribution in [0.2, 0.25) is 0 Å². The van der Waals surface area contributed by atoms with Gasteiger partial charge in [0.15, 0.2) is 0 Å². The molecule has 0 bridgehead atoms. The second kappa shape index (κ2) is 5.28. The molecule has 3 nitrogen and oxygen atoms in total. The molecule has 0 unspecified atom stereocenters. The van der Waals surface area contributed by atoms with Gasteiger partial charge in [0.2, 0.25) is 0 Å². The second-order valence-electron chi connectivity index (χ2n) is 4.68. The van der Waals surface area contributed by atoms with Crippen LogP contribution in [0.4, 0.5) is 8.87 Å². The molecule has 0 saturated heterocycles. The summed E-state index contributed by atoms with van der Waals surface area (Å²) >= 11 is 0. The minimum Gasteiger partial charge on any atom is -0.383 e. The lowest BCUT2D eigenvalue weighted by Gasteiger charge is -2.10. The standard InChI is InChI=1S/C15H15F2N3/c1-10(12(8-18)9-19(2)3)15-7-11-6-13(16)4-5-14(11)20(15)17/h4-9,18H,1H2,2-3H3/b12-9+,18-8?. The molecule has 2 rings (SSSR count). The summed E-state index contributed by atoms with van der Waals surface area (Å²) in [6, 6.07) is 5.37. The Morgan fingerprint density at radius 2 is 2.05 bits per heavy atom. The molecular formula is C15H15F2N3. The monoisotopic (exact) mass is 275 g/mol. The van der Waals surface area contributed by atoms with E-state index in [4.69, 9.17) is 5.41 Å². The predicted molar refractivity (Wildman–Crippen MR) is 78.0 cm³/mol. The van der Waals surface area contributed by atoms with Crippen LogP contribution in [0.5, 0.6) is 0 Å². The van der Waals surface area contributed by atoms with Gasteiger partial charge in [-0.15, -0.1) is 0 Å². The van der Waals surface area contributed by atoms with Crippen molar-refractivity contribution in [2.45, 2.75) is 0 Å². The molecule has 0 spiro atoms. The summed E-state index contributed by atoms with van der Waals surface area (Å²) in [4.78, 5) is 2.21. The molecule has 5 heteroatoms. The van der Waals surface area contributed by atoms with Crippen LogP contribution in [-0.2, 0) is 0 Å². The Labute approximate surface area is 115 Å². The van der Waals surface area contributed by atoms with Gasteiger partial charge in [-0.1, -0.05) is 11.1 Å². The summed E-state index contributed by atoms with van der Waals surface area (Å²) in [7, 11) is 3.61. The Morgan fingerprint density at radius 1 is 1.35 bits per heavy atom. The average Bonchev–Trinajstić information content (AvgIpc) is 2.71. The van der Waals surface area contributed by atoms with E-state index in [-0.39, 0.29) is 11.2 Å². The number of fused-ring (bicyclic) bond motifs is 1. The number of rotatable bonds is 4. The number of hydrogen-bond donors (Lipinski definition) is 1. The highest BCUT2D eigenvalue weighted by Crippen LogP contribution is 2.28. The van der Waals surface area contributed by atoms with E-state index >= 15 is 0 Å². The number of halogens is 2. The van der Waals surface area contributed by atoms with Crippen LogP contribution in [0.3, 0.4) is 0 Å². The summed E-state index contributed by atoms with van der Waals surface area (Å²) in [6.45, 7) is 3.83. The molecule has 2 aromatic rings. The average molecular weight is 275 g/mol. The molecule has 1 aromatic carbocycles. The fourth-order valence-corrected chi connectivity index (χ4v) is 1.99. The number of allylic oxidation sites excluding steroid dienone is 2. The van der Waals surface area contributed by atoms with E-state index in [9.17, 15) is 8.87 Å². The molecule has 1 aromatic heterocycles. The van der Waals surface area contributed by atoms with Crippen molar-refractivity contribution in [3.63, 3.8) is 0 Å². The van der Waals surface area contributed by atoms with Crippen LogP contribution in [0.15, 0.2) is 42.6 Å². The summed E-state index contributed by atoms with van der Waals surface area (Å²) in [5.74, 6) is -0.420. The van der Waals surface area contributed by atoms with Crippen LogP contribution < -0.4 is 0 Å². The molecule has 0 amide bonds. The van der Waals surface area contributed by atoms with E-state index < -0.39 is 5.82 Å². The largest absolute Gasteiger partial charge is 0.383 e. The first kappa shape index (κ1) is 14.0. The zero-order valence-electron chi connectivity index (χ0n) is 11.3. The normalized spacial score (nSPS) is 11.7. The first-order chi connectivity index (χ1) is 9.43. The van der Waals surface area contributed by atoms with Gasteiger partial charge in [-0.25, -0.2) is 4.39 Å². The summed E-state index contributed by atoms with van der Waals surface area (Å²) in [5, 5.41) is 7.86. The highest BCUT2D eigenvalue weighted by atomic mass is 19.2. The summed E-state index contributed by atoms with van der Waals surface area (Å²) < 4.78 is 27.4. The molecular weight excluding hydrogens is 260 g/mol. The minimum atomic E-state index is -0.420. The van der Waals surface area contributed by atoms with Crippen molar-refractivity contribution < 1.29 is 8.87 Å². The van der Waals surface area contributed by atoms with Crippen molar-refractivity contribution in [3.8, 4) is 0 Å². The molecule has 0 radical (unpaired) electrons. The third kappa shape index (κ3) is 2.47. The summed E-state index contributed by atoms with van der Waals surface area (Å²) in [5.41, 5.74) is 1.34. The van der Waals surface area contributed by atoms with Crippen LogP contribution >= 0.6 is 0 Å². The van der Waals surface area contributed by atoms with Gasteiger partial charge >= 0.3 is 0 Å². The van der Waals surface area contributed by atoms with E-state index in [2.05, 4.69) is 6.58 Å². The lowest BCUT2D eigenvalue weighted by Crippen LogP contribution is -2.05. The van der Waals surface area contributed by atoms with Gasteiger partial charge < -0.3 is 10.3 Å². The van der Waals surface area contributed by atoms with Crippen molar-refractivity contribution >= 4 is 22.7 Å². The van der Waals surface area contributed by atoms with E-state index in [1.54, 1.807) is 25.2 Å². The topological polar surface area (TPSA) is 32.0 Å². The van der Waals surface area contributed by atoms with Crippen molar-refractivity contribution in [2.24, 2.45) is 0 Å². The first-order valence-corrected chi connectivity index (χ1v) is 5.99. The Kier molecular flexibility index (Phi) is 3.70. The molecule has 1 N–H and O–H groups in total. The lowest BCUT2D eigenvalue weighted by molar-refractivity contribution is 0.384. The van der Waals surface area contributed by atoms with Crippen LogP contribution in [0.25, 0.3) is 16.5 Å². The van der Waals surface area contributed by atoms with Crippen molar-refractivity contribution in [1.82, 2.24) is 9.69 Å². The van der Waals surface area contributed by atoms with Crippen LogP contribution in [0, 0.1) is 11.2 Å². The highest BCUT2D eigenvalue weighted by molar-refractivity contribution is 6.00. The van der Waals surface area contributed by atoms with Gasteiger partial charge in [-0.2, -0.15) is 4.79 Å². The van der Waals surface area contributed by atoms with Crippen molar-refractivity contribution in [2.75, 3.05) is 14.1 Å². The maximum absolute atomic E-state index is 14.3. The highest BCUT2D eigenvalue weighted by Gasteiger charge is 2.14. The zero-order valence-corrected chi connectivity index (χ0v) is 11.3. The van der Waals surface area contributed by atoms with E-state index in [0.29, 0.717) is 21.3 Å². The molecule has 0 saturated carbocycles. The number of nitrogens with zero attached hydrogens (tertiary/aromatic N) is 2. The van der Waals surface area contributed by atoms with Gasteiger partial charge in [0.05, 0.1) is 11.2 Å². The number of aromatic nitrogens is 1. The maximum atomic E-state index is 14.3. The van der Waals surface area contributed by atoms with E-state index in [1.807, 2.05) is 0 Å². The van der Waals surface area contributed by atoms with Crippen molar-refractivity contribution in [1.29, 1.82) is 5.41 Å². The molecule has 0 aliphatic carbocycles. The zero-order chi connectivity index (χ0) is 14.9. The smallest absolute Gasteiger partial charge is 0.123 e. The molecule has 0 aliphatic rings. The lowest BCUT2D eigenvalue weighted by atomic mass is 10.1. The number of hydrogen-bond acceptors (Lipinski definition) is 2. The quantitative estimate of drug-likeness (QED) is 0.670. The molecule has 0 fully saturated rings. The second-order valence-corrected chi connectivity index (χ2v) is 4.68. The Balaban J connectivity index is 2.55. The molecule has 0 aliphatic heterocycles. The van der Waals surface area contributed by atoms with Gasteiger partial charge in [0.1, 0.15) is 5.82 Å². The third-order valence-electron chi connectivity index (χ3n) is 2.92. The fourth-order valence-electron chi connectivity index (χ4n) is 1.99. The molecule has 0 atom stereocenters. The number of benzene rings is 1. The molecule has 1 heterocycles. The molecule has 20 heavy (non-hydrogen) atoms. The van der Waals surface area contributed by atoms with E-state index in [0.717, 1.165) is 6.21 Å². The maximum Gasteiger partial charge on any atom is 0.123 e. The SMILES string of the molecule is C=C(/C(C=N)=C/N(C)C)c1cc2cc(F)ccc2n1F. The van der Waals surface area contributed by atoms with Gasteiger partial charge in [0.25, 0.3) is 0 Å². The van der Waals surface area contributed by atoms with Gasteiger partial charge in [-0.3, -0.25) is 0 Å². The fraction of sp³-hybridized carbons (Fsp3) is 0.133. The number of nitrogens with one attached hydrogen (secondary N) is 1. The Hall–Kier alpha value is -2.43. The van der Waals surface area contributed by atoms with Crippen LogP contribution in [-0.4, -0.2) is 30.0 Å². The van der Waals surface area contributed by atoms with E-state index in [1.165, 1.54) is 24.3 Å².